The lowest BCUT2D eigenvalue weighted by molar-refractivity contribution is -0.140. The molecule has 184 valence electrons. The van der Waals surface area contributed by atoms with Crippen molar-refractivity contribution in [2.24, 2.45) is 0 Å². The highest BCUT2D eigenvalue weighted by molar-refractivity contribution is 6.32. The SMILES string of the molecule is CCOc1cc([C@H]2C(C(=O)OCc3ccc(OC)cc3)=C(C)NC3=C2C(=O)CCC3)cc(Cl)c1O. The van der Waals surface area contributed by atoms with Gasteiger partial charge >= 0.3 is 5.97 Å². The molecule has 0 amide bonds. The van der Waals surface area contributed by atoms with Gasteiger partial charge in [0.2, 0.25) is 0 Å². The summed E-state index contributed by atoms with van der Waals surface area (Å²) in [5.74, 6) is -0.538. The number of halogens is 1. The van der Waals surface area contributed by atoms with E-state index in [4.69, 9.17) is 25.8 Å². The molecule has 8 heteroatoms. The Morgan fingerprint density at radius 3 is 2.63 bits per heavy atom. The fourth-order valence-electron chi connectivity index (χ4n) is 4.56. The average molecular weight is 498 g/mol. The lowest BCUT2D eigenvalue weighted by atomic mass is 9.75. The molecule has 35 heavy (non-hydrogen) atoms. The number of rotatable bonds is 7. The maximum atomic E-state index is 13.4. The van der Waals surface area contributed by atoms with Crippen LogP contribution >= 0.6 is 11.6 Å². The first-order chi connectivity index (χ1) is 16.8. The van der Waals surface area contributed by atoms with Crippen molar-refractivity contribution < 1.29 is 28.9 Å². The monoisotopic (exact) mass is 497 g/mol. The number of carbonyl (C=O) groups excluding carboxylic acids is 2. The number of phenols is 1. The van der Waals surface area contributed by atoms with Crippen molar-refractivity contribution in [1.82, 2.24) is 5.32 Å². The van der Waals surface area contributed by atoms with Crippen LogP contribution in [0.2, 0.25) is 5.02 Å². The van der Waals surface area contributed by atoms with E-state index in [0.29, 0.717) is 47.6 Å². The minimum Gasteiger partial charge on any atom is -0.503 e. The normalized spacial score (nSPS) is 17.6. The van der Waals surface area contributed by atoms with Gasteiger partial charge in [-0.25, -0.2) is 4.79 Å². The summed E-state index contributed by atoms with van der Waals surface area (Å²) in [5, 5.41) is 13.7. The number of allylic oxidation sites excluding steroid dienone is 3. The maximum Gasteiger partial charge on any atom is 0.337 e. The predicted octanol–water partition coefficient (Wildman–Crippen LogP) is 5.16. The molecule has 2 aromatic rings. The fraction of sp³-hybridized carbons (Fsp3) is 0.333. The molecule has 2 aliphatic rings. The lowest BCUT2D eigenvalue weighted by Crippen LogP contribution is -2.34. The van der Waals surface area contributed by atoms with Crippen LogP contribution < -0.4 is 14.8 Å². The molecule has 1 heterocycles. The van der Waals surface area contributed by atoms with Gasteiger partial charge in [0.15, 0.2) is 17.3 Å². The van der Waals surface area contributed by atoms with Crippen LogP contribution in [0.25, 0.3) is 0 Å². The second kappa shape index (κ2) is 10.4. The summed E-state index contributed by atoms with van der Waals surface area (Å²) in [6.07, 6.45) is 1.84. The zero-order chi connectivity index (χ0) is 25.1. The molecule has 0 radical (unpaired) electrons. The number of ether oxygens (including phenoxy) is 3. The molecule has 0 aromatic heterocycles. The van der Waals surface area contributed by atoms with Crippen LogP contribution in [-0.2, 0) is 20.9 Å². The Balaban J connectivity index is 1.73. The molecule has 0 fully saturated rings. The van der Waals surface area contributed by atoms with Gasteiger partial charge in [0, 0.05) is 29.3 Å². The highest BCUT2D eigenvalue weighted by atomic mass is 35.5. The second-order valence-electron chi connectivity index (χ2n) is 8.47. The van der Waals surface area contributed by atoms with E-state index in [1.54, 1.807) is 45.2 Å². The third-order valence-corrected chi connectivity index (χ3v) is 6.50. The van der Waals surface area contributed by atoms with Crippen molar-refractivity contribution in [2.75, 3.05) is 13.7 Å². The minimum atomic E-state index is -0.695. The summed E-state index contributed by atoms with van der Waals surface area (Å²) in [5.41, 5.74) is 3.66. The van der Waals surface area contributed by atoms with E-state index in [-0.39, 0.29) is 28.9 Å². The van der Waals surface area contributed by atoms with Crippen LogP contribution in [-0.4, -0.2) is 30.6 Å². The Kier molecular flexibility index (Phi) is 7.36. The number of nitrogens with one attached hydrogen (secondary N) is 1. The topological polar surface area (TPSA) is 94.1 Å². The maximum absolute atomic E-state index is 13.4. The Morgan fingerprint density at radius 2 is 1.94 bits per heavy atom. The highest BCUT2D eigenvalue weighted by Gasteiger charge is 2.39. The highest BCUT2D eigenvalue weighted by Crippen LogP contribution is 2.46. The first kappa shape index (κ1) is 24.7. The molecule has 0 spiro atoms. The summed E-state index contributed by atoms with van der Waals surface area (Å²) < 4.78 is 16.4. The molecule has 0 saturated heterocycles. The molecule has 4 rings (SSSR count). The standard InChI is InChI=1S/C27H28ClNO6/c1-4-34-22-13-17(12-19(28)26(22)31)24-23(15(2)29-20-6-5-7-21(30)25(20)24)27(32)35-14-16-8-10-18(33-3)11-9-16/h8-13,24,29,31H,4-7,14H2,1-3H3/t24-/m0/s1. The third kappa shape index (κ3) is 5.00. The van der Waals surface area contributed by atoms with E-state index >= 15 is 0 Å². The Bertz CT molecular complexity index is 1210. The summed E-state index contributed by atoms with van der Waals surface area (Å²) in [6, 6.07) is 10.4. The van der Waals surface area contributed by atoms with Gasteiger partial charge in [0.25, 0.3) is 0 Å². The summed E-state index contributed by atoms with van der Waals surface area (Å²) >= 11 is 6.33. The van der Waals surface area contributed by atoms with Gasteiger partial charge in [-0.05, 0) is 62.1 Å². The molecular weight excluding hydrogens is 470 g/mol. The number of ketones is 1. The summed E-state index contributed by atoms with van der Waals surface area (Å²) in [6.45, 7) is 3.97. The molecule has 2 N–H and O–H groups in total. The Hall–Kier alpha value is -3.45. The quantitative estimate of drug-likeness (QED) is 0.510. The van der Waals surface area contributed by atoms with Crippen LogP contribution in [0.15, 0.2) is 58.9 Å². The van der Waals surface area contributed by atoms with Crippen molar-refractivity contribution in [3.63, 3.8) is 0 Å². The third-order valence-electron chi connectivity index (χ3n) is 6.21. The molecule has 7 nitrogen and oxygen atoms in total. The zero-order valence-corrected chi connectivity index (χ0v) is 20.7. The summed E-state index contributed by atoms with van der Waals surface area (Å²) in [4.78, 5) is 26.5. The van der Waals surface area contributed by atoms with Crippen molar-refractivity contribution in [2.45, 2.75) is 45.6 Å². The van der Waals surface area contributed by atoms with Crippen LogP contribution in [0.1, 0.15) is 50.2 Å². The fourth-order valence-corrected chi connectivity index (χ4v) is 4.78. The van der Waals surface area contributed by atoms with Gasteiger partial charge in [-0.3, -0.25) is 4.79 Å². The van der Waals surface area contributed by atoms with E-state index in [0.717, 1.165) is 17.7 Å². The van der Waals surface area contributed by atoms with E-state index in [1.807, 2.05) is 12.1 Å². The molecule has 0 unspecified atom stereocenters. The number of benzene rings is 2. The van der Waals surface area contributed by atoms with E-state index in [2.05, 4.69) is 5.32 Å². The van der Waals surface area contributed by atoms with Gasteiger partial charge in [-0.2, -0.15) is 0 Å². The number of methoxy groups -OCH3 is 1. The van der Waals surface area contributed by atoms with Crippen LogP contribution in [0.3, 0.4) is 0 Å². The largest absolute Gasteiger partial charge is 0.503 e. The number of hydrogen-bond acceptors (Lipinski definition) is 7. The number of carbonyl (C=O) groups is 2. The lowest BCUT2D eigenvalue weighted by Gasteiger charge is -2.34. The number of dihydropyridines is 1. The van der Waals surface area contributed by atoms with Gasteiger partial charge in [0.1, 0.15) is 12.4 Å². The van der Waals surface area contributed by atoms with Crippen molar-refractivity contribution in [3.8, 4) is 17.2 Å². The van der Waals surface area contributed by atoms with Crippen LogP contribution in [0, 0.1) is 0 Å². The Morgan fingerprint density at radius 1 is 1.20 bits per heavy atom. The van der Waals surface area contributed by atoms with Crippen molar-refractivity contribution in [1.29, 1.82) is 0 Å². The smallest absolute Gasteiger partial charge is 0.337 e. The van der Waals surface area contributed by atoms with Gasteiger partial charge in [0.05, 0.1) is 24.3 Å². The first-order valence-electron chi connectivity index (χ1n) is 11.5. The number of aromatic hydroxyl groups is 1. The summed E-state index contributed by atoms with van der Waals surface area (Å²) in [7, 11) is 1.59. The van der Waals surface area contributed by atoms with Crippen molar-refractivity contribution >= 4 is 23.4 Å². The zero-order valence-electron chi connectivity index (χ0n) is 19.9. The number of esters is 1. The van der Waals surface area contributed by atoms with Crippen LogP contribution in [0.4, 0.5) is 0 Å². The molecule has 0 bridgehead atoms. The molecule has 0 saturated carbocycles. The first-order valence-corrected chi connectivity index (χ1v) is 11.9. The second-order valence-corrected chi connectivity index (χ2v) is 8.88. The number of phenolic OH excluding ortho intramolecular Hbond substituents is 1. The van der Waals surface area contributed by atoms with Gasteiger partial charge < -0.3 is 24.6 Å². The van der Waals surface area contributed by atoms with E-state index < -0.39 is 11.9 Å². The van der Waals surface area contributed by atoms with E-state index in [9.17, 15) is 14.7 Å². The van der Waals surface area contributed by atoms with Crippen molar-refractivity contribution in [3.05, 3.63) is 75.1 Å². The predicted molar refractivity (Wildman–Crippen MR) is 132 cm³/mol. The molecule has 1 aliphatic carbocycles. The average Bonchev–Trinajstić information content (AvgIpc) is 2.85. The van der Waals surface area contributed by atoms with Gasteiger partial charge in [-0.1, -0.05) is 23.7 Å². The number of Topliss-reactive ketones (excluding diaryl/α,β-unsaturated/α-hetero) is 1. The molecular formula is C27H28ClNO6. The van der Waals surface area contributed by atoms with E-state index in [1.165, 1.54) is 0 Å². The minimum absolute atomic E-state index is 0.0288. The van der Waals surface area contributed by atoms with Crippen LogP contribution in [0.5, 0.6) is 17.2 Å². The molecule has 1 atom stereocenters. The van der Waals surface area contributed by atoms with Gasteiger partial charge in [-0.15, -0.1) is 0 Å². The Labute approximate surface area is 209 Å². The molecule has 1 aliphatic heterocycles. The molecule has 2 aromatic carbocycles. The number of hydrogen-bond donors (Lipinski definition) is 2.